The highest BCUT2D eigenvalue weighted by molar-refractivity contribution is 9.10. The first-order valence-corrected chi connectivity index (χ1v) is 5.74. The molecule has 1 N–H and O–H groups in total. The quantitative estimate of drug-likeness (QED) is 0.626. The maximum Gasteiger partial charge on any atom is 0.128 e. The van der Waals surface area contributed by atoms with E-state index in [2.05, 4.69) is 15.9 Å². The summed E-state index contributed by atoms with van der Waals surface area (Å²) in [6.07, 6.45) is 0. The van der Waals surface area contributed by atoms with E-state index in [0.29, 0.717) is 5.84 Å². The van der Waals surface area contributed by atoms with Gasteiger partial charge in [-0.15, -0.1) is 0 Å². The lowest BCUT2D eigenvalue weighted by Crippen LogP contribution is -2.40. The molecule has 0 amide bonds. The van der Waals surface area contributed by atoms with Gasteiger partial charge in [0.25, 0.3) is 0 Å². The molecule has 1 aliphatic rings. The van der Waals surface area contributed by atoms with Crippen molar-refractivity contribution in [1.29, 1.82) is 5.41 Å². The number of hydrogen-bond donors (Lipinski definition) is 1. The number of ether oxygens (including phenoxy) is 1. The molecule has 1 aromatic rings. The Morgan fingerprint density at radius 3 is 2.40 bits per heavy atom. The van der Waals surface area contributed by atoms with Gasteiger partial charge in [0.1, 0.15) is 5.84 Å². The third kappa shape index (κ3) is 2.58. The Labute approximate surface area is 97.7 Å². The molecule has 1 aromatic carbocycles. The smallest absolute Gasteiger partial charge is 0.128 e. The molecule has 0 atom stereocenters. The van der Waals surface area contributed by atoms with E-state index in [9.17, 15) is 0 Å². The average molecular weight is 269 g/mol. The predicted molar refractivity (Wildman–Crippen MR) is 63.4 cm³/mol. The van der Waals surface area contributed by atoms with Crippen LogP contribution in [0, 0.1) is 5.41 Å². The van der Waals surface area contributed by atoms with Crippen molar-refractivity contribution in [2.24, 2.45) is 0 Å². The van der Waals surface area contributed by atoms with Crippen LogP contribution >= 0.6 is 15.9 Å². The minimum Gasteiger partial charge on any atom is -0.378 e. The number of halogens is 1. The molecule has 2 rings (SSSR count). The van der Waals surface area contributed by atoms with E-state index >= 15 is 0 Å². The zero-order valence-corrected chi connectivity index (χ0v) is 9.96. The third-order valence-corrected chi connectivity index (χ3v) is 2.97. The van der Waals surface area contributed by atoms with Crippen LogP contribution in [0.2, 0.25) is 0 Å². The molecule has 0 saturated carbocycles. The molecule has 1 saturated heterocycles. The van der Waals surface area contributed by atoms with Crippen LogP contribution in [-0.4, -0.2) is 37.0 Å². The van der Waals surface area contributed by atoms with Gasteiger partial charge in [-0.1, -0.05) is 28.1 Å². The summed E-state index contributed by atoms with van der Waals surface area (Å²) in [4.78, 5) is 2.05. The monoisotopic (exact) mass is 268 g/mol. The van der Waals surface area contributed by atoms with Crippen molar-refractivity contribution in [2.45, 2.75) is 0 Å². The van der Waals surface area contributed by atoms with E-state index in [1.54, 1.807) is 0 Å². The van der Waals surface area contributed by atoms with Gasteiger partial charge in [0.2, 0.25) is 0 Å². The van der Waals surface area contributed by atoms with E-state index in [1.165, 1.54) is 0 Å². The fourth-order valence-corrected chi connectivity index (χ4v) is 1.84. The second kappa shape index (κ2) is 4.77. The molecule has 1 fully saturated rings. The molecular weight excluding hydrogens is 256 g/mol. The Bertz CT molecular complexity index is 344. The molecule has 1 heterocycles. The Balaban J connectivity index is 2.09. The van der Waals surface area contributed by atoms with Crippen LogP contribution in [-0.2, 0) is 4.74 Å². The number of hydrogen-bond acceptors (Lipinski definition) is 2. The summed E-state index contributed by atoms with van der Waals surface area (Å²) in [6, 6.07) is 7.85. The van der Waals surface area contributed by atoms with Gasteiger partial charge in [0.05, 0.1) is 13.2 Å². The van der Waals surface area contributed by atoms with E-state index in [1.807, 2.05) is 29.2 Å². The first-order chi connectivity index (χ1) is 7.27. The molecule has 1 aliphatic heterocycles. The van der Waals surface area contributed by atoms with Crippen LogP contribution in [0.4, 0.5) is 0 Å². The van der Waals surface area contributed by atoms with Crippen LogP contribution in [0.15, 0.2) is 28.7 Å². The van der Waals surface area contributed by atoms with Gasteiger partial charge in [-0.25, -0.2) is 0 Å². The topological polar surface area (TPSA) is 36.3 Å². The van der Waals surface area contributed by atoms with Crippen LogP contribution < -0.4 is 0 Å². The Morgan fingerprint density at radius 2 is 1.80 bits per heavy atom. The van der Waals surface area contributed by atoms with Crippen molar-refractivity contribution >= 4 is 21.8 Å². The van der Waals surface area contributed by atoms with Gasteiger partial charge in [0, 0.05) is 23.1 Å². The van der Waals surface area contributed by atoms with Gasteiger partial charge >= 0.3 is 0 Å². The van der Waals surface area contributed by atoms with Gasteiger partial charge < -0.3 is 9.64 Å². The van der Waals surface area contributed by atoms with Crippen LogP contribution in [0.1, 0.15) is 5.56 Å². The van der Waals surface area contributed by atoms with Crippen molar-refractivity contribution in [3.8, 4) is 0 Å². The van der Waals surface area contributed by atoms with Crippen molar-refractivity contribution in [3.63, 3.8) is 0 Å². The van der Waals surface area contributed by atoms with Gasteiger partial charge in [-0.2, -0.15) is 0 Å². The number of benzene rings is 1. The number of rotatable bonds is 1. The highest BCUT2D eigenvalue weighted by Gasteiger charge is 2.14. The average Bonchev–Trinajstić information content (AvgIpc) is 2.30. The number of nitrogens with zero attached hydrogens (tertiary/aromatic N) is 1. The van der Waals surface area contributed by atoms with E-state index in [4.69, 9.17) is 10.1 Å². The van der Waals surface area contributed by atoms with Crippen molar-refractivity contribution < 1.29 is 4.74 Å². The molecule has 0 aliphatic carbocycles. The van der Waals surface area contributed by atoms with Crippen LogP contribution in [0.25, 0.3) is 0 Å². The maximum absolute atomic E-state index is 8.05. The lowest BCUT2D eigenvalue weighted by atomic mass is 10.2. The van der Waals surface area contributed by atoms with Gasteiger partial charge in [0.15, 0.2) is 0 Å². The Hall–Kier alpha value is -0.870. The summed E-state index contributed by atoms with van der Waals surface area (Å²) in [5, 5.41) is 8.05. The standard InChI is InChI=1S/C11H13BrN2O/c12-10-3-1-9(2-4-10)11(13)14-5-7-15-8-6-14/h1-4,13H,5-8H2. The summed E-state index contributed by atoms with van der Waals surface area (Å²) >= 11 is 3.39. The Kier molecular flexibility index (Phi) is 3.38. The van der Waals surface area contributed by atoms with Crippen molar-refractivity contribution in [3.05, 3.63) is 34.3 Å². The highest BCUT2D eigenvalue weighted by Crippen LogP contribution is 2.12. The molecule has 3 nitrogen and oxygen atoms in total. The SMILES string of the molecule is N=C(c1ccc(Br)cc1)N1CCOCC1. The summed E-state index contributed by atoms with van der Waals surface area (Å²) in [6.45, 7) is 3.07. The van der Waals surface area contributed by atoms with E-state index < -0.39 is 0 Å². The summed E-state index contributed by atoms with van der Waals surface area (Å²) in [5.41, 5.74) is 0.958. The molecule has 0 spiro atoms. The molecule has 0 bridgehead atoms. The fourth-order valence-electron chi connectivity index (χ4n) is 1.58. The Morgan fingerprint density at radius 1 is 1.20 bits per heavy atom. The van der Waals surface area contributed by atoms with E-state index in [-0.39, 0.29) is 0 Å². The zero-order valence-electron chi connectivity index (χ0n) is 8.37. The second-order valence-electron chi connectivity index (χ2n) is 3.45. The summed E-state index contributed by atoms with van der Waals surface area (Å²) < 4.78 is 6.30. The van der Waals surface area contributed by atoms with Crippen LogP contribution in [0.5, 0.6) is 0 Å². The molecule has 80 valence electrons. The number of nitrogens with one attached hydrogen (secondary N) is 1. The molecule has 0 unspecified atom stereocenters. The van der Waals surface area contributed by atoms with Crippen molar-refractivity contribution in [1.82, 2.24) is 4.90 Å². The normalized spacial score (nSPS) is 16.5. The number of amidine groups is 1. The number of morpholine rings is 1. The minimum atomic E-state index is 0.589. The summed E-state index contributed by atoms with van der Waals surface area (Å²) in [5.74, 6) is 0.589. The fraction of sp³-hybridized carbons (Fsp3) is 0.364. The summed E-state index contributed by atoms with van der Waals surface area (Å²) in [7, 11) is 0. The van der Waals surface area contributed by atoms with Gasteiger partial charge in [-0.3, -0.25) is 5.41 Å². The van der Waals surface area contributed by atoms with Crippen molar-refractivity contribution in [2.75, 3.05) is 26.3 Å². The minimum absolute atomic E-state index is 0.589. The predicted octanol–water partition coefficient (Wildman–Crippen LogP) is 2.11. The molecule has 4 heteroatoms. The second-order valence-corrected chi connectivity index (χ2v) is 4.37. The first kappa shape index (κ1) is 10.6. The van der Waals surface area contributed by atoms with Gasteiger partial charge in [-0.05, 0) is 12.1 Å². The lowest BCUT2D eigenvalue weighted by molar-refractivity contribution is 0.0680. The first-order valence-electron chi connectivity index (χ1n) is 4.94. The maximum atomic E-state index is 8.05. The van der Waals surface area contributed by atoms with Crippen LogP contribution in [0.3, 0.4) is 0 Å². The largest absolute Gasteiger partial charge is 0.378 e. The third-order valence-electron chi connectivity index (χ3n) is 2.44. The lowest BCUT2D eigenvalue weighted by Gasteiger charge is -2.29. The molecular formula is C11H13BrN2O. The molecule has 15 heavy (non-hydrogen) atoms. The zero-order chi connectivity index (χ0) is 10.7. The molecule has 0 radical (unpaired) electrons. The molecule has 0 aromatic heterocycles. The highest BCUT2D eigenvalue weighted by atomic mass is 79.9. The van der Waals surface area contributed by atoms with E-state index in [0.717, 1.165) is 36.3 Å².